The number of nitrogens with one attached hydrogen (secondary N) is 1. The average Bonchev–Trinajstić information content (AvgIpc) is 2.71. The van der Waals surface area contributed by atoms with Gasteiger partial charge in [0.25, 0.3) is 0 Å². The SMILES string of the molecule is CCNc1cc2oc3cc(=NCCCC(=O)O)c4ccccc4c-3nc2cc1C.Cl. The smallest absolute Gasteiger partial charge is 0.303 e. The van der Waals surface area contributed by atoms with Crippen LogP contribution in [0.5, 0.6) is 0 Å². The minimum atomic E-state index is -0.805. The molecule has 0 unspecified atom stereocenters. The second kappa shape index (κ2) is 9.13. The van der Waals surface area contributed by atoms with Gasteiger partial charge in [-0.2, -0.15) is 0 Å². The number of anilines is 1. The van der Waals surface area contributed by atoms with Crippen molar-refractivity contribution in [3.05, 3.63) is 53.4 Å². The van der Waals surface area contributed by atoms with E-state index >= 15 is 0 Å². The van der Waals surface area contributed by atoms with Crippen molar-refractivity contribution in [1.29, 1.82) is 0 Å². The second-order valence-electron chi connectivity index (χ2n) is 7.05. The predicted octanol–water partition coefficient (Wildman–Crippen LogP) is 5.01. The fourth-order valence-electron chi connectivity index (χ4n) is 3.53. The molecule has 2 N–H and O–H groups in total. The third kappa shape index (κ3) is 4.24. The van der Waals surface area contributed by atoms with Gasteiger partial charge in [0.2, 0.25) is 0 Å². The van der Waals surface area contributed by atoms with E-state index < -0.39 is 5.97 Å². The summed E-state index contributed by atoms with van der Waals surface area (Å²) in [4.78, 5) is 20.3. The molecule has 1 aliphatic heterocycles. The van der Waals surface area contributed by atoms with Crippen LogP contribution in [0.25, 0.3) is 33.3 Å². The van der Waals surface area contributed by atoms with E-state index in [1.807, 2.05) is 42.5 Å². The zero-order valence-electron chi connectivity index (χ0n) is 16.9. The van der Waals surface area contributed by atoms with Gasteiger partial charge in [-0.1, -0.05) is 24.3 Å². The molecule has 156 valence electrons. The Hall–Kier alpha value is -3.12. The predicted molar refractivity (Wildman–Crippen MR) is 122 cm³/mol. The minimum absolute atomic E-state index is 0. The molecule has 7 heteroatoms. The second-order valence-corrected chi connectivity index (χ2v) is 7.05. The number of hydrogen-bond acceptors (Lipinski definition) is 5. The topological polar surface area (TPSA) is 87.7 Å². The summed E-state index contributed by atoms with van der Waals surface area (Å²) in [5, 5.41) is 14.9. The van der Waals surface area contributed by atoms with Crippen molar-refractivity contribution in [1.82, 2.24) is 4.98 Å². The molecule has 2 aliphatic rings. The van der Waals surface area contributed by atoms with Gasteiger partial charge in [0.05, 0.1) is 5.36 Å². The maximum atomic E-state index is 10.8. The first-order valence-electron chi connectivity index (χ1n) is 9.80. The zero-order chi connectivity index (χ0) is 20.4. The lowest BCUT2D eigenvalue weighted by Gasteiger charge is -2.13. The third-order valence-electron chi connectivity index (χ3n) is 4.92. The number of aryl methyl sites for hydroxylation is 1. The summed E-state index contributed by atoms with van der Waals surface area (Å²) in [5.41, 5.74) is 4.48. The van der Waals surface area contributed by atoms with Crippen LogP contribution >= 0.6 is 12.4 Å². The van der Waals surface area contributed by atoms with E-state index in [-0.39, 0.29) is 18.8 Å². The van der Waals surface area contributed by atoms with Crippen LogP contribution < -0.4 is 10.7 Å². The molecule has 0 aromatic heterocycles. The van der Waals surface area contributed by atoms with Gasteiger partial charge in [0.15, 0.2) is 11.3 Å². The highest BCUT2D eigenvalue weighted by molar-refractivity contribution is 5.96. The first-order chi connectivity index (χ1) is 14.1. The molecule has 1 heterocycles. The molecular weight excluding hydrogens is 402 g/mol. The molecule has 0 amide bonds. The molecule has 2 aromatic carbocycles. The minimum Gasteiger partial charge on any atom is -0.481 e. The molecule has 0 fully saturated rings. The van der Waals surface area contributed by atoms with Crippen molar-refractivity contribution in [2.75, 3.05) is 18.4 Å². The van der Waals surface area contributed by atoms with Crippen LogP contribution in [-0.2, 0) is 4.79 Å². The van der Waals surface area contributed by atoms with Gasteiger partial charge >= 0.3 is 5.97 Å². The summed E-state index contributed by atoms with van der Waals surface area (Å²) in [6.45, 7) is 5.40. The molecule has 0 bridgehead atoms. The maximum absolute atomic E-state index is 10.8. The standard InChI is InChI=1S/C23H23N3O3.ClH/c1-3-24-17-12-20-19(11-14(17)2)26-23-16-8-5-4-7-15(16)18(13-21(23)29-20)25-10-6-9-22(27)28;/h4-5,7-8,11-13,24H,3,6,9-10H2,1-2H3,(H,27,28);1H. The van der Waals surface area contributed by atoms with Gasteiger partial charge in [0.1, 0.15) is 11.2 Å². The third-order valence-corrected chi connectivity index (χ3v) is 4.92. The van der Waals surface area contributed by atoms with Crippen molar-refractivity contribution < 1.29 is 14.3 Å². The first-order valence-corrected chi connectivity index (χ1v) is 9.80. The number of benzene rings is 3. The van der Waals surface area contributed by atoms with Crippen molar-refractivity contribution in [3.8, 4) is 11.5 Å². The van der Waals surface area contributed by atoms with Crippen LogP contribution in [0, 0.1) is 6.92 Å². The van der Waals surface area contributed by atoms with Crippen molar-refractivity contribution in [2.45, 2.75) is 26.7 Å². The number of aliphatic carboxylic acids is 1. The number of carbonyl (C=O) groups is 1. The van der Waals surface area contributed by atoms with Gasteiger partial charge in [-0.15, -0.1) is 12.4 Å². The van der Waals surface area contributed by atoms with Crippen molar-refractivity contribution in [2.24, 2.45) is 4.99 Å². The van der Waals surface area contributed by atoms with Crippen LogP contribution in [0.1, 0.15) is 25.3 Å². The first kappa shape index (κ1) is 21.6. The van der Waals surface area contributed by atoms with Crippen LogP contribution in [0.4, 0.5) is 5.69 Å². The summed E-state index contributed by atoms with van der Waals surface area (Å²) in [5.74, 6) is -0.138. The Bertz CT molecular complexity index is 1250. The Morgan fingerprint density at radius 3 is 2.70 bits per heavy atom. The van der Waals surface area contributed by atoms with E-state index in [2.05, 4.69) is 24.2 Å². The molecule has 4 rings (SSSR count). The molecule has 2 aromatic rings. The monoisotopic (exact) mass is 425 g/mol. The summed E-state index contributed by atoms with van der Waals surface area (Å²) >= 11 is 0. The molecule has 1 aliphatic carbocycles. The zero-order valence-corrected chi connectivity index (χ0v) is 17.8. The number of nitrogens with zero attached hydrogens (tertiary/aromatic N) is 2. The van der Waals surface area contributed by atoms with Gasteiger partial charge in [0, 0.05) is 48.1 Å². The number of aromatic nitrogens is 1. The number of hydrogen-bond donors (Lipinski definition) is 2. The summed E-state index contributed by atoms with van der Waals surface area (Å²) in [7, 11) is 0. The summed E-state index contributed by atoms with van der Waals surface area (Å²) in [6.07, 6.45) is 0.609. The largest absolute Gasteiger partial charge is 0.481 e. The lowest BCUT2D eigenvalue weighted by Crippen LogP contribution is -2.08. The van der Waals surface area contributed by atoms with Crippen LogP contribution in [0.3, 0.4) is 0 Å². The maximum Gasteiger partial charge on any atom is 0.303 e. The summed E-state index contributed by atoms with van der Waals surface area (Å²) in [6, 6.07) is 13.9. The van der Waals surface area contributed by atoms with Gasteiger partial charge in [-0.25, -0.2) is 4.98 Å². The van der Waals surface area contributed by atoms with Gasteiger partial charge in [-0.3, -0.25) is 9.79 Å². The quantitative estimate of drug-likeness (QED) is 0.257. The van der Waals surface area contributed by atoms with Gasteiger partial charge < -0.3 is 14.8 Å². The van der Waals surface area contributed by atoms with Crippen LogP contribution in [0.15, 0.2) is 51.9 Å². The molecule has 0 spiro atoms. The number of carboxylic acids is 1. The van der Waals surface area contributed by atoms with E-state index in [0.29, 0.717) is 24.3 Å². The number of carboxylic acid groups (broad SMARTS) is 1. The van der Waals surface area contributed by atoms with E-state index in [4.69, 9.17) is 14.5 Å². The Morgan fingerprint density at radius 2 is 1.97 bits per heavy atom. The Labute approximate surface area is 180 Å². The Balaban J connectivity index is 0.00000256. The van der Waals surface area contributed by atoms with E-state index in [1.54, 1.807) is 0 Å². The van der Waals surface area contributed by atoms with E-state index in [1.165, 1.54) is 0 Å². The lowest BCUT2D eigenvalue weighted by atomic mass is 10.0. The summed E-state index contributed by atoms with van der Waals surface area (Å²) < 4.78 is 6.22. The average molecular weight is 426 g/mol. The molecule has 0 radical (unpaired) electrons. The van der Waals surface area contributed by atoms with Crippen molar-refractivity contribution >= 4 is 45.9 Å². The molecule has 0 saturated carbocycles. The molecular formula is C23H24ClN3O3. The Morgan fingerprint density at radius 1 is 1.20 bits per heavy atom. The van der Waals surface area contributed by atoms with Crippen LogP contribution in [0.2, 0.25) is 0 Å². The molecule has 0 saturated heterocycles. The van der Waals surface area contributed by atoms with Crippen molar-refractivity contribution in [3.63, 3.8) is 0 Å². The Kier molecular flexibility index (Phi) is 6.57. The van der Waals surface area contributed by atoms with Gasteiger partial charge in [-0.05, 0) is 31.9 Å². The van der Waals surface area contributed by atoms with E-state index in [0.717, 1.165) is 45.1 Å². The molecule has 30 heavy (non-hydrogen) atoms. The molecule has 0 atom stereocenters. The highest BCUT2D eigenvalue weighted by Gasteiger charge is 2.15. The highest BCUT2D eigenvalue weighted by atomic mass is 35.5. The van der Waals surface area contributed by atoms with E-state index in [9.17, 15) is 4.79 Å². The normalized spacial score (nSPS) is 11.7. The van der Waals surface area contributed by atoms with Crippen LogP contribution in [-0.4, -0.2) is 29.1 Å². The number of halogens is 1. The fourth-order valence-corrected chi connectivity index (χ4v) is 3.53. The fraction of sp³-hybridized carbons (Fsp3) is 0.261. The number of fused-ring (bicyclic) bond motifs is 4. The highest BCUT2D eigenvalue weighted by Crippen LogP contribution is 2.32. The lowest BCUT2D eigenvalue weighted by molar-refractivity contribution is -0.137. The number of rotatable bonds is 6. The molecule has 6 nitrogen and oxygen atoms in total.